The number of nitrogens with zero attached hydrogens (tertiary/aromatic N) is 2. The van der Waals surface area contributed by atoms with Gasteiger partial charge in [-0.2, -0.15) is 0 Å². The van der Waals surface area contributed by atoms with Crippen LogP contribution in [0.4, 0.5) is 4.79 Å². The third-order valence-electron chi connectivity index (χ3n) is 4.49. The quantitative estimate of drug-likeness (QED) is 0.843. The van der Waals surface area contributed by atoms with Crippen LogP contribution in [-0.4, -0.2) is 66.8 Å². The number of carbonyl (C=O) groups is 2. The van der Waals surface area contributed by atoms with Crippen molar-refractivity contribution in [3.63, 3.8) is 0 Å². The first-order chi connectivity index (χ1) is 9.52. The molecular formula is C14H24N2O4. The minimum absolute atomic E-state index is 0.00327. The molecule has 0 aromatic heterocycles. The van der Waals surface area contributed by atoms with Gasteiger partial charge in [0.1, 0.15) is 0 Å². The van der Waals surface area contributed by atoms with E-state index in [1.807, 2.05) is 11.8 Å². The van der Waals surface area contributed by atoms with Gasteiger partial charge >= 0.3 is 12.0 Å². The number of piperidine rings is 1. The second-order valence-corrected chi connectivity index (χ2v) is 6.00. The number of amides is 2. The molecule has 1 N–H and O–H groups in total. The summed E-state index contributed by atoms with van der Waals surface area (Å²) in [5.74, 6) is -0.660. The summed E-state index contributed by atoms with van der Waals surface area (Å²) < 4.78 is 5.15. The lowest BCUT2D eigenvalue weighted by Gasteiger charge is -2.34. The van der Waals surface area contributed by atoms with Crippen LogP contribution in [-0.2, 0) is 9.53 Å². The van der Waals surface area contributed by atoms with E-state index in [0.717, 1.165) is 32.5 Å². The standard InChI is InChI=1S/C14H24N2O4/c1-10-7-16(8-12(10)13(17)18)14(19)15-5-3-11(4-6-15)9-20-2/h10-12H,3-9H2,1-2H3,(H,17,18)/t10-,12-/m1/s1. The molecule has 2 amide bonds. The molecule has 20 heavy (non-hydrogen) atoms. The van der Waals surface area contributed by atoms with E-state index in [-0.39, 0.29) is 11.9 Å². The molecule has 2 aliphatic rings. The van der Waals surface area contributed by atoms with Crippen molar-refractivity contribution in [3.05, 3.63) is 0 Å². The minimum Gasteiger partial charge on any atom is -0.481 e. The Labute approximate surface area is 119 Å². The van der Waals surface area contributed by atoms with Gasteiger partial charge in [0.2, 0.25) is 0 Å². The monoisotopic (exact) mass is 284 g/mol. The van der Waals surface area contributed by atoms with Gasteiger partial charge in [-0.25, -0.2) is 4.79 Å². The van der Waals surface area contributed by atoms with E-state index in [0.29, 0.717) is 19.0 Å². The molecule has 0 aromatic rings. The molecule has 2 rings (SSSR count). The topological polar surface area (TPSA) is 70.1 Å². The Hall–Kier alpha value is -1.30. The van der Waals surface area contributed by atoms with Gasteiger partial charge in [-0.1, -0.05) is 6.92 Å². The maximum atomic E-state index is 12.4. The molecule has 0 bridgehead atoms. The zero-order chi connectivity index (χ0) is 14.7. The molecule has 0 unspecified atom stereocenters. The summed E-state index contributed by atoms with van der Waals surface area (Å²) in [5.41, 5.74) is 0. The van der Waals surface area contributed by atoms with Crippen LogP contribution in [0.1, 0.15) is 19.8 Å². The lowest BCUT2D eigenvalue weighted by atomic mass is 9.98. The lowest BCUT2D eigenvalue weighted by Crippen LogP contribution is -2.46. The van der Waals surface area contributed by atoms with E-state index in [4.69, 9.17) is 9.84 Å². The SMILES string of the molecule is COCC1CCN(C(=O)N2C[C@@H](C)[C@H](C(=O)O)C2)CC1. The highest BCUT2D eigenvalue weighted by atomic mass is 16.5. The maximum Gasteiger partial charge on any atom is 0.320 e. The number of carbonyl (C=O) groups excluding carboxylic acids is 1. The van der Waals surface area contributed by atoms with Gasteiger partial charge in [0, 0.05) is 39.9 Å². The highest BCUT2D eigenvalue weighted by Gasteiger charge is 2.38. The zero-order valence-corrected chi connectivity index (χ0v) is 12.2. The summed E-state index contributed by atoms with van der Waals surface area (Å²) in [7, 11) is 1.70. The number of urea groups is 1. The van der Waals surface area contributed by atoms with Crippen molar-refractivity contribution in [3.8, 4) is 0 Å². The first-order valence-electron chi connectivity index (χ1n) is 7.28. The Morgan fingerprint density at radius 1 is 1.20 bits per heavy atom. The van der Waals surface area contributed by atoms with Gasteiger partial charge in [-0.3, -0.25) is 4.79 Å². The van der Waals surface area contributed by atoms with E-state index in [1.165, 1.54) is 0 Å². The van der Waals surface area contributed by atoms with Gasteiger partial charge in [-0.05, 0) is 24.7 Å². The van der Waals surface area contributed by atoms with Gasteiger partial charge in [-0.15, -0.1) is 0 Å². The van der Waals surface area contributed by atoms with Crippen LogP contribution in [0.5, 0.6) is 0 Å². The molecule has 2 fully saturated rings. The van der Waals surface area contributed by atoms with Crippen LogP contribution < -0.4 is 0 Å². The fraction of sp³-hybridized carbons (Fsp3) is 0.857. The summed E-state index contributed by atoms with van der Waals surface area (Å²) in [4.78, 5) is 27.1. The lowest BCUT2D eigenvalue weighted by molar-refractivity contribution is -0.142. The van der Waals surface area contributed by atoms with Crippen molar-refractivity contribution in [1.82, 2.24) is 9.80 Å². The van der Waals surface area contributed by atoms with E-state index < -0.39 is 11.9 Å². The fourth-order valence-electron chi connectivity index (χ4n) is 3.17. The van der Waals surface area contributed by atoms with Gasteiger partial charge in [0.25, 0.3) is 0 Å². The highest BCUT2D eigenvalue weighted by Crippen LogP contribution is 2.26. The van der Waals surface area contributed by atoms with Gasteiger partial charge in [0.05, 0.1) is 5.92 Å². The predicted molar refractivity (Wildman–Crippen MR) is 73.4 cm³/mol. The van der Waals surface area contributed by atoms with Crippen molar-refractivity contribution >= 4 is 12.0 Å². The molecule has 2 saturated heterocycles. The van der Waals surface area contributed by atoms with Crippen molar-refractivity contribution in [1.29, 1.82) is 0 Å². The number of likely N-dealkylation sites (tertiary alicyclic amines) is 2. The number of hydrogen-bond donors (Lipinski definition) is 1. The second-order valence-electron chi connectivity index (χ2n) is 6.00. The number of carboxylic acids is 1. The number of hydrogen-bond acceptors (Lipinski definition) is 3. The molecule has 2 aliphatic heterocycles. The van der Waals surface area contributed by atoms with Crippen LogP contribution in [0.25, 0.3) is 0 Å². The summed E-state index contributed by atoms with van der Waals surface area (Å²) in [6, 6.07) is -0.00327. The average molecular weight is 284 g/mol. The molecule has 0 saturated carbocycles. The van der Waals surface area contributed by atoms with Gasteiger partial charge in [0.15, 0.2) is 0 Å². The third-order valence-corrected chi connectivity index (χ3v) is 4.49. The largest absolute Gasteiger partial charge is 0.481 e. The molecule has 0 aliphatic carbocycles. The van der Waals surface area contributed by atoms with Crippen molar-refractivity contribution in [2.24, 2.45) is 17.8 Å². The second kappa shape index (κ2) is 6.43. The number of carboxylic acid groups (broad SMARTS) is 1. The van der Waals surface area contributed by atoms with E-state index in [9.17, 15) is 9.59 Å². The Morgan fingerprint density at radius 3 is 2.35 bits per heavy atom. The fourth-order valence-corrected chi connectivity index (χ4v) is 3.17. The Bertz CT molecular complexity index is 366. The molecule has 0 radical (unpaired) electrons. The summed E-state index contributed by atoms with van der Waals surface area (Å²) in [5, 5.41) is 9.12. The van der Waals surface area contributed by atoms with Crippen molar-refractivity contribution in [2.45, 2.75) is 19.8 Å². The van der Waals surface area contributed by atoms with Crippen LogP contribution in [0, 0.1) is 17.8 Å². The molecule has 2 heterocycles. The smallest absolute Gasteiger partial charge is 0.320 e. The normalized spacial score (nSPS) is 27.9. The summed E-state index contributed by atoms with van der Waals surface area (Å²) >= 11 is 0. The minimum atomic E-state index is -0.799. The average Bonchev–Trinajstić information content (AvgIpc) is 2.81. The summed E-state index contributed by atoms with van der Waals surface area (Å²) in [6.45, 7) is 5.03. The highest BCUT2D eigenvalue weighted by molar-refractivity contribution is 5.77. The van der Waals surface area contributed by atoms with Gasteiger partial charge < -0.3 is 19.6 Å². The van der Waals surface area contributed by atoms with E-state index >= 15 is 0 Å². The molecule has 6 heteroatoms. The van der Waals surface area contributed by atoms with Crippen LogP contribution in [0.15, 0.2) is 0 Å². The molecule has 6 nitrogen and oxygen atoms in total. The zero-order valence-electron chi connectivity index (χ0n) is 12.2. The maximum absolute atomic E-state index is 12.4. The Kier molecular flexibility index (Phi) is 4.86. The first kappa shape index (κ1) is 15.1. The molecular weight excluding hydrogens is 260 g/mol. The van der Waals surface area contributed by atoms with Crippen LogP contribution in [0.2, 0.25) is 0 Å². The number of ether oxygens (including phenoxy) is 1. The van der Waals surface area contributed by atoms with Crippen molar-refractivity contribution in [2.75, 3.05) is 39.9 Å². The first-order valence-corrected chi connectivity index (χ1v) is 7.28. The van der Waals surface area contributed by atoms with E-state index in [2.05, 4.69) is 0 Å². The number of aliphatic carboxylic acids is 1. The molecule has 0 aromatic carbocycles. The van der Waals surface area contributed by atoms with Crippen LogP contribution >= 0.6 is 0 Å². The number of methoxy groups -OCH3 is 1. The predicted octanol–water partition coefficient (Wildman–Crippen LogP) is 1.12. The van der Waals surface area contributed by atoms with Crippen molar-refractivity contribution < 1.29 is 19.4 Å². The van der Waals surface area contributed by atoms with E-state index in [1.54, 1.807) is 12.0 Å². The van der Waals surface area contributed by atoms with Crippen LogP contribution in [0.3, 0.4) is 0 Å². The Morgan fingerprint density at radius 2 is 1.85 bits per heavy atom. The summed E-state index contributed by atoms with van der Waals surface area (Å²) in [6.07, 6.45) is 1.93. The molecule has 2 atom stereocenters. The number of rotatable bonds is 3. The Balaban J connectivity index is 1.85. The molecule has 114 valence electrons. The third kappa shape index (κ3) is 3.23. The molecule has 0 spiro atoms.